The summed E-state index contributed by atoms with van der Waals surface area (Å²) in [5, 5.41) is 3.94. The van der Waals surface area contributed by atoms with E-state index in [2.05, 4.69) is 16.7 Å². The Labute approximate surface area is 160 Å². The summed E-state index contributed by atoms with van der Waals surface area (Å²) in [6.45, 7) is 8.35. The summed E-state index contributed by atoms with van der Waals surface area (Å²) in [7, 11) is 0. The zero-order chi connectivity index (χ0) is 19.5. The zero-order valence-electron chi connectivity index (χ0n) is 16.2. The number of hydrogen-bond acceptors (Lipinski definition) is 6. The minimum absolute atomic E-state index is 0.345. The molecule has 0 aliphatic carbocycles. The second-order valence-electron chi connectivity index (χ2n) is 6.46. The van der Waals surface area contributed by atoms with E-state index >= 15 is 0 Å². The summed E-state index contributed by atoms with van der Waals surface area (Å²) in [6, 6.07) is 5.92. The van der Waals surface area contributed by atoms with Crippen molar-refractivity contribution >= 4 is 5.97 Å². The first-order chi connectivity index (χ1) is 13.1. The topological polar surface area (TPSA) is 74.5 Å². The molecule has 0 spiro atoms. The van der Waals surface area contributed by atoms with Crippen LogP contribution in [-0.4, -0.2) is 29.3 Å². The van der Waals surface area contributed by atoms with Gasteiger partial charge in [-0.3, -0.25) is 0 Å². The first-order valence-corrected chi connectivity index (χ1v) is 9.43. The maximum atomic E-state index is 10.9. The van der Waals surface area contributed by atoms with Crippen LogP contribution >= 0.6 is 0 Å². The van der Waals surface area contributed by atoms with Crippen LogP contribution in [-0.2, 0) is 9.53 Å². The summed E-state index contributed by atoms with van der Waals surface area (Å²) in [5.74, 6) is 1.70. The van der Waals surface area contributed by atoms with Crippen molar-refractivity contribution in [3.8, 4) is 17.1 Å². The minimum atomic E-state index is -0.345. The van der Waals surface area contributed by atoms with Gasteiger partial charge in [-0.1, -0.05) is 37.4 Å². The van der Waals surface area contributed by atoms with E-state index in [1.165, 1.54) is 6.08 Å². The maximum absolute atomic E-state index is 10.9. The van der Waals surface area contributed by atoms with E-state index in [4.69, 9.17) is 14.0 Å². The molecule has 1 heterocycles. The molecule has 0 aliphatic heterocycles. The first kappa shape index (κ1) is 20.7. The van der Waals surface area contributed by atoms with Gasteiger partial charge in [0.25, 0.3) is 0 Å². The molecule has 0 fully saturated rings. The van der Waals surface area contributed by atoms with E-state index < -0.39 is 0 Å². The molecule has 0 N–H and O–H groups in total. The van der Waals surface area contributed by atoms with Crippen LogP contribution in [0.3, 0.4) is 0 Å². The molecule has 146 valence electrons. The van der Waals surface area contributed by atoms with Crippen molar-refractivity contribution in [3.05, 3.63) is 42.3 Å². The van der Waals surface area contributed by atoms with Crippen molar-refractivity contribution in [2.24, 2.45) is 0 Å². The third-order valence-electron chi connectivity index (χ3n) is 4.17. The molecule has 0 saturated carbocycles. The molecule has 6 nitrogen and oxygen atoms in total. The molecular formula is C21H28N2O4. The minimum Gasteiger partial charge on any atom is -0.493 e. The maximum Gasteiger partial charge on any atom is 0.330 e. The van der Waals surface area contributed by atoms with Crippen LogP contribution < -0.4 is 4.74 Å². The Hall–Kier alpha value is -2.63. The summed E-state index contributed by atoms with van der Waals surface area (Å²) in [4.78, 5) is 15.1. The molecule has 0 atom stereocenters. The lowest BCUT2D eigenvalue weighted by Gasteiger charge is -2.10. The Morgan fingerprint density at radius 3 is 2.44 bits per heavy atom. The number of esters is 1. The molecule has 1 aromatic heterocycles. The van der Waals surface area contributed by atoms with Gasteiger partial charge in [-0.2, -0.15) is 4.98 Å². The highest BCUT2D eigenvalue weighted by atomic mass is 16.5. The van der Waals surface area contributed by atoms with Crippen molar-refractivity contribution in [2.45, 2.75) is 52.4 Å². The molecule has 0 radical (unpaired) electrons. The normalized spacial score (nSPS) is 10.6. The van der Waals surface area contributed by atoms with Gasteiger partial charge in [-0.15, -0.1) is 0 Å². The van der Waals surface area contributed by atoms with Crippen molar-refractivity contribution in [1.82, 2.24) is 10.1 Å². The van der Waals surface area contributed by atoms with Crippen molar-refractivity contribution in [2.75, 3.05) is 13.2 Å². The number of carbonyl (C=O) groups excluding carboxylic acids is 1. The van der Waals surface area contributed by atoms with Gasteiger partial charge >= 0.3 is 5.97 Å². The average molecular weight is 372 g/mol. The Morgan fingerprint density at radius 1 is 1.11 bits per heavy atom. The molecule has 1 aromatic carbocycles. The van der Waals surface area contributed by atoms with Gasteiger partial charge in [0.15, 0.2) is 0 Å². The van der Waals surface area contributed by atoms with Crippen molar-refractivity contribution in [1.29, 1.82) is 0 Å². The lowest BCUT2D eigenvalue weighted by molar-refractivity contribution is -0.137. The Balaban J connectivity index is 1.58. The predicted molar refractivity (Wildman–Crippen MR) is 104 cm³/mol. The van der Waals surface area contributed by atoms with Crippen LogP contribution in [0, 0.1) is 13.8 Å². The van der Waals surface area contributed by atoms with Gasteiger partial charge in [0.2, 0.25) is 11.7 Å². The third-order valence-corrected chi connectivity index (χ3v) is 4.17. The van der Waals surface area contributed by atoms with E-state index in [9.17, 15) is 4.79 Å². The van der Waals surface area contributed by atoms with E-state index in [1.54, 1.807) is 6.92 Å². The lowest BCUT2D eigenvalue weighted by atomic mass is 10.1. The monoisotopic (exact) mass is 372 g/mol. The number of aromatic nitrogens is 2. The van der Waals surface area contributed by atoms with Gasteiger partial charge < -0.3 is 14.0 Å². The van der Waals surface area contributed by atoms with Crippen LogP contribution in [0.1, 0.15) is 50.0 Å². The smallest absolute Gasteiger partial charge is 0.330 e. The molecule has 0 aliphatic rings. The molecule has 27 heavy (non-hydrogen) atoms. The fourth-order valence-electron chi connectivity index (χ4n) is 2.69. The van der Waals surface area contributed by atoms with E-state index in [1.807, 2.05) is 25.1 Å². The Bertz CT molecular complexity index is 740. The van der Waals surface area contributed by atoms with E-state index in [-0.39, 0.29) is 5.97 Å². The van der Waals surface area contributed by atoms with Crippen LogP contribution in [0.2, 0.25) is 0 Å². The molecule has 2 aromatic rings. The van der Waals surface area contributed by atoms with Gasteiger partial charge in [-0.05, 0) is 43.5 Å². The summed E-state index contributed by atoms with van der Waals surface area (Å²) in [5.41, 5.74) is 1.99. The number of unbranched alkanes of at least 4 members (excludes halogenated alkanes) is 5. The molecular weight excluding hydrogens is 344 g/mol. The predicted octanol–water partition coefficient (Wildman–Crippen LogP) is 4.80. The summed E-state index contributed by atoms with van der Waals surface area (Å²) < 4.78 is 15.8. The number of carbonyl (C=O) groups is 1. The van der Waals surface area contributed by atoms with E-state index in [0.717, 1.165) is 55.4 Å². The van der Waals surface area contributed by atoms with Crippen LogP contribution in [0.4, 0.5) is 0 Å². The van der Waals surface area contributed by atoms with Gasteiger partial charge in [0.05, 0.1) is 13.2 Å². The first-order valence-electron chi connectivity index (χ1n) is 9.43. The second-order valence-corrected chi connectivity index (χ2v) is 6.46. The second kappa shape index (κ2) is 11.2. The highest BCUT2D eigenvalue weighted by molar-refractivity contribution is 5.81. The molecule has 0 saturated heterocycles. The standard InChI is InChI=1S/C21H28N2O4/c1-4-20(24)26-14-10-8-6-5-7-9-13-25-19-12-11-18(15-16(19)2)21-22-17(3)27-23-21/h4,11-12,15H,1,5-10,13-14H2,2-3H3. The average Bonchev–Trinajstić information content (AvgIpc) is 3.10. The van der Waals surface area contributed by atoms with Gasteiger partial charge in [0, 0.05) is 18.6 Å². The number of nitrogens with zero attached hydrogens (tertiary/aromatic N) is 2. The lowest BCUT2D eigenvalue weighted by Crippen LogP contribution is -2.01. The summed E-state index contributed by atoms with van der Waals surface area (Å²) >= 11 is 0. The van der Waals surface area contributed by atoms with Crippen LogP contribution in [0.5, 0.6) is 5.75 Å². The quantitative estimate of drug-likeness (QED) is 0.303. The number of benzene rings is 1. The van der Waals surface area contributed by atoms with Crippen molar-refractivity contribution < 1.29 is 18.8 Å². The fraction of sp³-hybridized carbons (Fsp3) is 0.476. The van der Waals surface area contributed by atoms with Crippen LogP contribution in [0.15, 0.2) is 35.4 Å². The summed E-state index contributed by atoms with van der Waals surface area (Å²) in [6.07, 6.45) is 7.63. The number of hydrogen-bond donors (Lipinski definition) is 0. The molecule has 0 amide bonds. The van der Waals surface area contributed by atoms with E-state index in [0.29, 0.717) is 24.9 Å². The highest BCUT2D eigenvalue weighted by Gasteiger charge is 2.08. The fourth-order valence-corrected chi connectivity index (χ4v) is 2.69. The molecule has 2 rings (SSSR count). The number of ether oxygens (including phenoxy) is 2. The van der Waals surface area contributed by atoms with Gasteiger partial charge in [0.1, 0.15) is 5.75 Å². The molecule has 0 unspecified atom stereocenters. The largest absolute Gasteiger partial charge is 0.493 e. The number of aryl methyl sites for hydroxylation is 2. The highest BCUT2D eigenvalue weighted by Crippen LogP contribution is 2.24. The number of rotatable bonds is 12. The Morgan fingerprint density at radius 2 is 1.81 bits per heavy atom. The van der Waals surface area contributed by atoms with Gasteiger partial charge in [-0.25, -0.2) is 4.79 Å². The zero-order valence-corrected chi connectivity index (χ0v) is 16.2. The van der Waals surface area contributed by atoms with Crippen molar-refractivity contribution in [3.63, 3.8) is 0 Å². The molecule has 6 heteroatoms. The van der Waals surface area contributed by atoms with Crippen LogP contribution in [0.25, 0.3) is 11.4 Å². The molecule has 0 bridgehead atoms. The Kier molecular flexibility index (Phi) is 8.55. The third kappa shape index (κ3) is 7.25. The SMILES string of the molecule is C=CC(=O)OCCCCCCCCOc1ccc(-c2noc(C)n2)cc1C.